The van der Waals surface area contributed by atoms with Crippen LogP contribution in [0.4, 0.5) is 11.6 Å². The van der Waals surface area contributed by atoms with E-state index in [2.05, 4.69) is 56.9 Å². The van der Waals surface area contributed by atoms with Gasteiger partial charge in [-0.05, 0) is 63.2 Å². The second-order valence-corrected chi connectivity index (χ2v) is 6.95. The molecule has 0 spiro atoms. The van der Waals surface area contributed by atoms with Crippen LogP contribution in [0.3, 0.4) is 0 Å². The number of hydrogen-bond donors (Lipinski definition) is 1. The Balaban J connectivity index is 1.67. The standard InChI is InChI=1S/C22H23N5O/c1-14(2)27-15(3)24-20-10-5-16(13-21(20)27)19-11-12-23-22(26-19)25-17-6-8-18(28-4)9-7-17/h5-14H,1-4H3,(H,23,25,26). The van der Waals surface area contributed by atoms with Gasteiger partial charge in [0.25, 0.3) is 0 Å². The SMILES string of the molecule is COc1ccc(Nc2nccc(-c3ccc4nc(C)n(C(C)C)c4c3)n2)cc1. The van der Waals surface area contributed by atoms with Gasteiger partial charge in [-0.15, -0.1) is 0 Å². The van der Waals surface area contributed by atoms with Crippen LogP contribution in [0.1, 0.15) is 25.7 Å². The second kappa shape index (κ2) is 7.31. The number of hydrogen-bond acceptors (Lipinski definition) is 5. The van der Waals surface area contributed by atoms with Gasteiger partial charge < -0.3 is 14.6 Å². The van der Waals surface area contributed by atoms with Crippen LogP contribution in [0.5, 0.6) is 5.75 Å². The lowest BCUT2D eigenvalue weighted by Gasteiger charge is -2.11. The van der Waals surface area contributed by atoms with Gasteiger partial charge >= 0.3 is 0 Å². The van der Waals surface area contributed by atoms with Crippen molar-refractivity contribution in [1.82, 2.24) is 19.5 Å². The van der Waals surface area contributed by atoms with Gasteiger partial charge in [0, 0.05) is 23.5 Å². The van der Waals surface area contributed by atoms with Gasteiger partial charge in [0.2, 0.25) is 5.95 Å². The second-order valence-electron chi connectivity index (χ2n) is 6.95. The number of methoxy groups -OCH3 is 1. The maximum Gasteiger partial charge on any atom is 0.227 e. The Labute approximate surface area is 164 Å². The summed E-state index contributed by atoms with van der Waals surface area (Å²) >= 11 is 0. The molecule has 0 fully saturated rings. The number of benzene rings is 2. The molecule has 0 aliphatic rings. The third-order valence-corrected chi connectivity index (χ3v) is 4.68. The number of aryl methyl sites for hydroxylation is 1. The van der Waals surface area contributed by atoms with Gasteiger partial charge in [-0.2, -0.15) is 0 Å². The van der Waals surface area contributed by atoms with Crippen LogP contribution in [0.25, 0.3) is 22.3 Å². The quantitative estimate of drug-likeness (QED) is 0.525. The minimum atomic E-state index is 0.345. The van der Waals surface area contributed by atoms with Crippen LogP contribution in [-0.2, 0) is 0 Å². The van der Waals surface area contributed by atoms with Crippen molar-refractivity contribution in [3.05, 3.63) is 60.6 Å². The summed E-state index contributed by atoms with van der Waals surface area (Å²) in [4.78, 5) is 13.7. The number of fused-ring (bicyclic) bond motifs is 1. The molecule has 2 heterocycles. The maximum atomic E-state index is 5.19. The van der Waals surface area contributed by atoms with Crippen LogP contribution in [0, 0.1) is 6.92 Å². The molecule has 0 saturated carbocycles. The Hall–Kier alpha value is -3.41. The van der Waals surface area contributed by atoms with Gasteiger partial charge in [0.05, 0.1) is 23.8 Å². The molecule has 0 aliphatic heterocycles. The first-order chi connectivity index (χ1) is 13.5. The number of nitrogens with one attached hydrogen (secondary N) is 1. The third-order valence-electron chi connectivity index (χ3n) is 4.68. The first-order valence-electron chi connectivity index (χ1n) is 9.28. The summed E-state index contributed by atoms with van der Waals surface area (Å²) < 4.78 is 7.44. The lowest BCUT2D eigenvalue weighted by Crippen LogP contribution is -2.02. The van der Waals surface area contributed by atoms with Gasteiger partial charge in [0.15, 0.2) is 0 Å². The van der Waals surface area contributed by atoms with E-state index in [1.165, 1.54) is 0 Å². The molecule has 0 radical (unpaired) electrons. The fraction of sp³-hybridized carbons (Fsp3) is 0.227. The molecule has 0 atom stereocenters. The average molecular weight is 373 g/mol. The lowest BCUT2D eigenvalue weighted by molar-refractivity contribution is 0.415. The highest BCUT2D eigenvalue weighted by Crippen LogP contribution is 2.27. The highest BCUT2D eigenvalue weighted by molar-refractivity contribution is 5.82. The van der Waals surface area contributed by atoms with E-state index in [4.69, 9.17) is 4.74 Å². The van der Waals surface area contributed by atoms with Crippen molar-refractivity contribution in [2.75, 3.05) is 12.4 Å². The number of anilines is 2. The predicted octanol–water partition coefficient (Wildman–Crippen LogP) is 5.13. The van der Waals surface area contributed by atoms with Gasteiger partial charge in [0.1, 0.15) is 11.6 Å². The van der Waals surface area contributed by atoms with Crippen molar-refractivity contribution in [1.29, 1.82) is 0 Å². The molecule has 0 aliphatic carbocycles. The van der Waals surface area contributed by atoms with Crippen molar-refractivity contribution in [3.8, 4) is 17.0 Å². The first kappa shape index (κ1) is 18.0. The Morgan fingerprint density at radius 3 is 2.50 bits per heavy atom. The van der Waals surface area contributed by atoms with E-state index < -0.39 is 0 Å². The summed E-state index contributed by atoms with van der Waals surface area (Å²) in [5.41, 5.74) is 4.92. The smallest absolute Gasteiger partial charge is 0.227 e. The molecule has 2 aromatic carbocycles. The van der Waals surface area contributed by atoms with Gasteiger partial charge in [-0.25, -0.2) is 15.0 Å². The molecule has 6 nitrogen and oxygen atoms in total. The number of ether oxygens (including phenoxy) is 1. The molecule has 0 unspecified atom stereocenters. The molecule has 142 valence electrons. The Kier molecular flexibility index (Phi) is 4.69. The van der Waals surface area contributed by atoms with Crippen molar-refractivity contribution in [3.63, 3.8) is 0 Å². The van der Waals surface area contributed by atoms with Crippen LogP contribution in [-0.4, -0.2) is 26.6 Å². The van der Waals surface area contributed by atoms with Crippen LogP contribution < -0.4 is 10.1 Å². The summed E-state index contributed by atoms with van der Waals surface area (Å²) in [5, 5.41) is 3.24. The topological polar surface area (TPSA) is 64.9 Å². The number of nitrogens with zero attached hydrogens (tertiary/aromatic N) is 4. The van der Waals surface area contributed by atoms with Crippen LogP contribution in [0.15, 0.2) is 54.7 Å². The summed E-state index contributed by atoms with van der Waals surface area (Å²) in [6, 6.07) is 16.2. The zero-order chi connectivity index (χ0) is 19.7. The fourth-order valence-electron chi connectivity index (χ4n) is 3.41. The number of aromatic nitrogens is 4. The zero-order valence-corrected chi connectivity index (χ0v) is 16.5. The van der Waals surface area contributed by atoms with E-state index in [-0.39, 0.29) is 0 Å². The van der Waals surface area contributed by atoms with E-state index in [9.17, 15) is 0 Å². The Morgan fingerprint density at radius 1 is 1.00 bits per heavy atom. The molecular formula is C22H23N5O. The summed E-state index contributed by atoms with van der Waals surface area (Å²) in [6.07, 6.45) is 1.77. The molecule has 4 aromatic rings. The highest BCUT2D eigenvalue weighted by Gasteiger charge is 2.12. The zero-order valence-electron chi connectivity index (χ0n) is 16.5. The van der Waals surface area contributed by atoms with E-state index in [1.807, 2.05) is 37.3 Å². The van der Waals surface area contributed by atoms with Crippen molar-refractivity contribution in [2.24, 2.45) is 0 Å². The van der Waals surface area contributed by atoms with Crippen molar-refractivity contribution >= 4 is 22.7 Å². The molecule has 4 rings (SSSR count). The third kappa shape index (κ3) is 3.41. The lowest BCUT2D eigenvalue weighted by atomic mass is 10.1. The molecule has 0 amide bonds. The molecule has 6 heteroatoms. The maximum absolute atomic E-state index is 5.19. The minimum Gasteiger partial charge on any atom is -0.497 e. The summed E-state index contributed by atoms with van der Waals surface area (Å²) in [6.45, 7) is 6.38. The van der Waals surface area contributed by atoms with E-state index in [1.54, 1.807) is 13.3 Å². The number of imidazole rings is 1. The molecule has 1 N–H and O–H groups in total. The molecule has 0 bridgehead atoms. The number of rotatable bonds is 5. The van der Waals surface area contributed by atoms with Crippen LogP contribution in [0.2, 0.25) is 0 Å². The first-order valence-corrected chi connectivity index (χ1v) is 9.28. The Morgan fingerprint density at radius 2 is 1.79 bits per heavy atom. The summed E-state index contributed by atoms with van der Waals surface area (Å²) in [5.74, 6) is 2.38. The minimum absolute atomic E-state index is 0.345. The normalized spacial score (nSPS) is 11.2. The predicted molar refractivity (Wildman–Crippen MR) is 112 cm³/mol. The van der Waals surface area contributed by atoms with E-state index in [0.717, 1.165) is 39.6 Å². The molecule has 0 saturated heterocycles. The summed E-state index contributed by atoms with van der Waals surface area (Å²) in [7, 11) is 1.65. The van der Waals surface area contributed by atoms with E-state index >= 15 is 0 Å². The van der Waals surface area contributed by atoms with Gasteiger partial charge in [-0.1, -0.05) is 6.07 Å². The highest BCUT2D eigenvalue weighted by atomic mass is 16.5. The average Bonchev–Trinajstić information content (AvgIpc) is 3.04. The fourth-order valence-corrected chi connectivity index (χ4v) is 3.41. The monoisotopic (exact) mass is 373 g/mol. The van der Waals surface area contributed by atoms with Crippen LogP contribution >= 0.6 is 0 Å². The van der Waals surface area contributed by atoms with Crippen molar-refractivity contribution in [2.45, 2.75) is 26.8 Å². The van der Waals surface area contributed by atoms with Gasteiger partial charge in [-0.3, -0.25) is 0 Å². The largest absolute Gasteiger partial charge is 0.497 e. The van der Waals surface area contributed by atoms with E-state index in [0.29, 0.717) is 12.0 Å². The molecule has 28 heavy (non-hydrogen) atoms. The molecule has 2 aromatic heterocycles. The molecular weight excluding hydrogens is 350 g/mol. The Bertz CT molecular complexity index is 1120. The van der Waals surface area contributed by atoms with Crippen molar-refractivity contribution < 1.29 is 4.74 Å².